The number of aromatic nitrogens is 3. The van der Waals surface area contributed by atoms with Crippen molar-refractivity contribution in [3.8, 4) is 67.5 Å². The maximum atomic E-state index is 6.61. The molecule has 0 fully saturated rings. The minimum atomic E-state index is 0.575. The summed E-state index contributed by atoms with van der Waals surface area (Å²) in [6, 6.07) is 65.7. The molecule has 262 valence electrons. The number of fused-ring (bicyclic) bond motifs is 6. The monoisotopic (exact) mass is 733 g/mol. The summed E-state index contributed by atoms with van der Waals surface area (Å²) in [6.45, 7) is 0. The number of thiophene rings is 1. The van der Waals surface area contributed by atoms with Gasteiger partial charge >= 0.3 is 0 Å². The maximum absolute atomic E-state index is 6.61. The lowest BCUT2D eigenvalue weighted by molar-refractivity contribution is 0.669. The topological polar surface area (TPSA) is 51.8 Å². The lowest BCUT2D eigenvalue weighted by atomic mass is 9.95. The van der Waals surface area contributed by atoms with Crippen LogP contribution in [0.1, 0.15) is 0 Å². The van der Waals surface area contributed by atoms with Crippen LogP contribution in [0.3, 0.4) is 0 Å². The first kappa shape index (κ1) is 32.2. The molecule has 0 saturated carbocycles. The van der Waals surface area contributed by atoms with E-state index in [4.69, 9.17) is 19.4 Å². The first-order valence-corrected chi connectivity index (χ1v) is 19.5. The van der Waals surface area contributed by atoms with Gasteiger partial charge in [-0.05, 0) is 88.0 Å². The fourth-order valence-corrected chi connectivity index (χ4v) is 8.89. The number of benzene rings is 8. The van der Waals surface area contributed by atoms with Crippen LogP contribution in [0.2, 0.25) is 0 Å². The van der Waals surface area contributed by atoms with Gasteiger partial charge in [0.2, 0.25) is 0 Å². The number of hydrogen-bond acceptors (Lipinski definition) is 5. The maximum Gasteiger partial charge on any atom is 0.164 e. The molecular weight excluding hydrogens is 703 g/mol. The molecule has 0 aliphatic rings. The summed E-state index contributed by atoms with van der Waals surface area (Å²) in [7, 11) is 0. The van der Waals surface area contributed by atoms with Gasteiger partial charge in [0.05, 0.1) is 0 Å². The Morgan fingerprint density at radius 1 is 0.321 bits per heavy atom. The molecule has 0 N–H and O–H groups in total. The van der Waals surface area contributed by atoms with Crippen molar-refractivity contribution in [1.29, 1.82) is 0 Å². The van der Waals surface area contributed by atoms with Crippen LogP contribution < -0.4 is 0 Å². The number of para-hydroxylation sites is 1. The predicted molar refractivity (Wildman–Crippen MR) is 233 cm³/mol. The highest BCUT2D eigenvalue weighted by Gasteiger charge is 2.20. The standard InChI is InChI=1S/C51H31N3OS/c1-4-14-32(15-5-1)36-26-37(33-16-6-2-7-17-33)28-38(27-36)50-52-49(34-18-8-3-9-19-34)53-51(54-50)39-30-42(48-41-21-10-12-22-44(41)55-45(48)31-39)35-24-25-47-43(29-35)40-20-11-13-23-46(40)56-47/h1-31H. The largest absolute Gasteiger partial charge is 0.456 e. The van der Waals surface area contributed by atoms with Crippen LogP contribution in [-0.4, -0.2) is 15.0 Å². The van der Waals surface area contributed by atoms with Crippen LogP contribution in [0.4, 0.5) is 0 Å². The van der Waals surface area contributed by atoms with E-state index in [0.717, 1.165) is 72.0 Å². The second-order valence-electron chi connectivity index (χ2n) is 14.0. The molecule has 4 nitrogen and oxygen atoms in total. The Morgan fingerprint density at radius 3 is 1.52 bits per heavy atom. The summed E-state index contributed by atoms with van der Waals surface area (Å²) < 4.78 is 9.16. The molecular formula is C51H31N3OS. The molecule has 0 aliphatic carbocycles. The average molecular weight is 734 g/mol. The summed E-state index contributed by atoms with van der Waals surface area (Å²) in [4.78, 5) is 15.6. The van der Waals surface area contributed by atoms with E-state index < -0.39 is 0 Å². The van der Waals surface area contributed by atoms with E-state index in [0.29, 0.717) is 17.5 Å². The van der Waals surface area contributed by atoms with E-state index >= 15 is 0 Å². The molecule has 0 amide bonds. The van der Waals surface area contributed by atoms with Crippen molar-refractivity contribution in [2.45, 2.75) is 0 Å². The molecule has 0 bridgehead atoms. The fourth-order valence-electron chi connectivity index (χ4n) is 7.81. The van der Waals surface area contributed by atoms with Gasteiger partial charge in [0.15, 0.2) is 17.5 Å². The Labute approximate surface area is 327 Å². The quantitative estimate of drug-likeness (QED) is 0.171. The van der Waals surface area contributed by atoms with Crippen LogP contribution in [0.5, 0.6) is 0 Å². The van der Waals surface area contributed by atoms with Crippen LogP contribution in [0.15, 0.2) is 192 Å². The highest BCUT2D eigenvalue weighted by Crippen LogP contribution is 2.43. The van der Waals surface area contributed by atoms with Crippen molar-refractivity contribution in [2.75, 3.05) is 0 Å². The van der Waals surface area contributed by atoms with E-state index in [-0.39, 0.29) is 0 Å². The number of hydrogen-bond donors (Lipinski definition) is 0. The van der Waals surface area contributed by atoms with Crippen molar-refractivity contribution < 1.29 is 4.42 Å². The fraction of sp³-hybridized carbons (Fsp3) is 0. The van der Waals surface area contributed by atoms with E-state index in [9.17, 15) is 0 Å². The van der Waals surface area contributed by atoms with Gasteiger partial charge in [0.25, 0.3) is 0 Å². The van der Waals surface area contributed by atoms with Crippen LogP contribution in [-0.2, 0) is 0 Å². The Kier molecular flexibility index (Phi) is 7.64. The van der Waals surface area contributed by atoms with Crippen LogP contribution in [0.25, 0.3) is 110 Å². The van der Waals surface area contributed by atoms with Gasteiger partial charge in [-0.3, -0.25) is 0 Å². The van der Waals surface area contributed by atoms with Crippen molar-refractivity contribution in [2.24, 2.45) is 0 Å². The highest BCUT2D eigenvalue weighted by atomic mass is 32.1. The van der Waals surface area contributed by atoms with Gasteiger partial charge in [0, 0.05) is 47.6 Å². The molecule has 11 rings (SSSR count). The summed E-state index contributed by atoms with van der Waals surface area (Å²) in [5, 5.41) is 4.66. The van der Waals surface area contributed by atoms with Gasteiger partial charge in [-0.2, -0.15) is 0 Å². The van der Waals surface area contributed by atoms with Crippen molar-refractivity contribution in [1.82, 2.24) is 15.0 Å². The normalized spacial score (nSPS) is 11.6. The van der Waals surface area contributed by atoms with E-state index in [2.05, 4.69) is 133 Å². The molecule has 0 saturated heterocycles. The zero-order chi connectivity index (χ0) is 37.0. The SMILES string of the molecule is c1ccc(-c2cc(-c3ccccc3)cc(-c3nc(-c4ccccc4)nc(-c4cc(-c5ccc6sc7ccccc7c6c5)c5c(c4)oc4ccccc45)n3)c2)cc1. The minimum Gasteiger partial charge on any atom is -0.456 e. The minimum absolute atomic E-state index is 0.575. The third-order valence-corrected chi connectivity index (χ3v) is 11.6. The zero-order valence-electron chi connectivity index (χ0n) is 30.1. The molecule has 0 atom stereocenters. The van der Waals surface area contributed by atoms with Gasteiger partial charge in [-0.1, -0.05) is 133 Å². The molecule has 0 spiro atoms. The van der Waals surface area contributed by atoms with E-state index in [1.54, 1.807) is 0 Å². The molecule has 0 aliphatic heterocycles. The van der Waals surface area contributed by atoms with Crippen LogP contribution >= 0.6 is 11.3 Å². The van der Waals surface area contributed by atoms with Gasteiger partial charge in [-0.15, -0.1) is 11.3 Å². The summed E-state index contributed by atoms with van der Waals surface area (Å²) in [5.41, 5.74) is 10.9. The Balaban J connectivity index is 1.16. The van der Waals surface area contributed by atoms with Gasteiger partial charge in [-0.25, -0.2) is 15.0 Å². The first-order valence-electron chi connectivity index (χ1n) is 18.7. The summed E-state index contributed by atoms with van der Waals surface area (Å²) in [6.07, 6.45) is 0. The van der Waals surface area contributed by atoms with Crippen LogP contribution in [0, 0.1) is 0 Å². The lowest BCUT2D eigenvalue weighted by Gasteiger charge is -2.13. The van der Waals surface area contributed by atoms with E-state index in [1.807, 2.05) is 65.9 Å². The van der Waals surface area contributed by atoms with Gasteiger partial charge in [0.1, 0.15) is 11.2 Å². The summed E-state index contributed by atoms with van der Waals surface area (Å²) in [5.74, 6) is 1.78. The molecule has 8 aromatic carbocycles. The molecule has 0 unspecified atom stereocenters. The lowest BCUT2D eigenvalue weighted by Crippen LogP contribution is -2.01. The number of rotatable bonds is 6. The molecule has 5 heteroatoms. The van der Waals surface area contributed by atoms with Crippen molar-refractivity contribution in [3.63, 3.8) is 0 Å². The zero-order valence-corrected chi connectivity index (χ0v) is 30.9. The highest BCUT2D eigenvalue weighted by molar-refractivity contribution is 7.25. The Morgan fingerprint density at radius 2 is 0.839 bits per heavy atom. The molecule has 3 aromatic heterocycles. The molecule has 11 aromatic rings. The second-order valence-corrected chi connectivity index (χ2v) is 15.1. The smallest absolute Gasteiger partial charge is 0.164 e. The van der Waals surface area contributed by atoms with Gasteiger partial charge < -0.3 is 4.42 Å². The second kappa shape index (κ2) is 13.3. The van der Waals surface area contributed by atoms with Crippen molar-refractivity contribution in [3.05, 3.63) is 188 Å². The van der Waals surface area contributed by atoms with Crippen molar-refractivity contribution >= 4 is 53.4 Å². The molecule has 0 radical (unpaired) electrons. The Hall–Kier alpha value is -7.21. The number of nitrogens with zero attached hydrogens (tertiary/aromatic N) is 3. The third kappa shape index (κ3) is 5.65. The first-order chi connectivity index (χ1) is 27.7. The predicted octanol–water partition coefficient (Wildman–Crippen LogP) is 14.1. The summed E-state index contributed by atoms with van der Waals surface area (Å²) >= 11 is 1.83. The molecule has 3 heterocycles. The Bertz CT molecular complexity index is 3180. The van der Waals surface area contributed by atoms with E-state index in [1.165, 1.54) is 20.2 Å². The number of furan rings is 1. The molecule has 56 heavy (non-hydrogen) atoms. The third-order valence-electron chi connectivity index (χ3n) is 10.5. The average Bonchev–Trinajstić information content (AvgIpc) is 3.85.